The second kappa shape index (κ2) is 8.97. The summed E-state index contributed by atoms with van der Waals surface area (Å²) in [7, 11) is 0. The molecule has 1 fully saturated rings. The lowest BCUT2D eigenvalue weighted by atomic mass is 10.3. The summed E-state index contributed by atoms with van der Waals surface area (Å²) in [6.07, 6.45) is 3.27. The average molecular weight is 294 g/mol. The first kappa shape index (κ1) is 17.0. The van der Waals surface area contributed by atoms with Gasteiger partial charge in [0.05, 0.1) is 6.20 Å². The number of rotatable bonds is 3. The van der Waals surface area contributed by atoms with Crippen LogP contribution in [0.25, 0.3) is 0 Å². The Morgan fingerprint density at radius 2 is 2.11 bits per heavy atom. The normalized spacial score (nSPS) is 14.1. The first-order valence-corrected chi connectivity index (χ1v) is 5.37. The number of aromatic nitrogens is 1. The molecule has 2 rings (SSSR count). The van der Waals surface area contributed by atoms with Gasteiger partial charge in [-0.05, 0) is 12.1 Å². The third-order valence-electron chi connectivity index (χ3n) is 2.47. The van der Waals surface area contributed by atoms with Gasteiger partial charge in [0.15, 0.2) is 6.61 Å². The molecule has 2 heterocycles. The van der Waals surface area contributed by atoms with E-state index in [4.69, 9.17) is 4.74 Å². The van der Waals surface area contributed by atoms with Crippen LogP contribution in [-0.2, 0) is 4.79 Å². The third-order valence-corrected chi connectivity index (χ3v) is 2.47. The maximum atomic E-state index is 11.7. The van der Waals surface area contributed by atoms with Crippen LogP contribution in [0.2, 0.25) is 0 Å². The predicted octanol–water partition coefficient (Wildman–Crippen LogP) is 0.736. The van der Waals surface area contributed by atoms with Gasteiger partial charge in [-0.2, -0.15) is 0 Å². The van der Waals surface area contributed by atoms with Gasteiger partial charge < -0.3 is 15.0 Å². The fourth-order valence-electron chi connectivity index (χ4n) is 1.58. The number of amides is 1. The molecule has 1 aliphatic rings. The topological polar surface area (TPSA) is 54.5 Å². The van der Waals surface area contributed by atoms with Gasteiger partial charge in [-0.1, -0.05) is 0 Å². The predicted molar refractivity (Wildman–Crippen MR) is 73.7 cm³/mol. The maximum absolute atomic E-state index is 11.7. The van der Waals surface area contributed by atoms with Gasteiger partial charge in [-0.3, -0.25) is 9.78 Å². The molecule has 1 saturated heterocycles. The monoisotopic (exact) mass is 293 g/mol. The maximum Gasteiger partial charge on any atom is 0.260 e. The fraction of sp³-hybridized carbons (Fsp3) is 0.455. The second-order valence-corrected chi connectivity index (χ2v) is 3.61. The number of halogens is 2. The van der Waals surface area contributed by atoms with E-state index in [0.717, 1.165) is 26.2 Å². The molecule has 0 unspecified atom stereocenters. The van der Waals surface area contributed by atoms with E-state index in [1.807, 2.05) is 4.90 Å². The van der Waals surface area contributed by atoms with E-state index in [0.29, 0.717) is 5.75 Å². The average Bonchev–Trinajstić information content (AvgIpc) is 2.38. The van der Waals surface area contributed by atoms with Crippen molar-refractivity contribution in [2.24, 2.45) is 0 Å². The van der Waals surface area contributed by atoms with Gasteiger partial charge in [0.1, 0.15) is 5.75 Å². The number of ether oxygens (including phenoxy) is 1. The van der Waals surface area contributed by atoms with Crippen LogP contribution < -0.4 is 10.1 Å². The van der Waals surface area contributed by atoms with Crippen molar-refractivity contribution in [3.8, 4) is 5.75 Å². The highest BCUT2D eigenvalue weighted by atomic mass is 35.5. The summed E-state index contributed by atoms with van der Waals surface area (Å²) < 4.78 is 5.35. The van der Waals surface area contributed by atoms with Crippen molar-refractivity contribution < 1.29 is 9.53 Å². The van der Waals surface area contributed by atoms with E-state index >= 15 is 0 Å². The van der Waals surface area contributed by atoms with Crippen molar-refractivity contribution in [2.45, 2.75) is 0 Å². The molecule has 1 aliphatic heterocycles. The quantitative estimate of drug-likeness (QED) is 0.893. The van der Waals surface area contributed by atoms with Crippen LogP contribution in [0.5, 0.6) is 5.75 Å². The lowest BCUT2D eigenvalue weighted by molar-refractivity contribution is -0.133. The van der Waals surface area contributed by atoms with Crippen LogP contribution in [0.15, 0.2) is 24.5 Å². The Morgan fingerprint density at radius 1 is 1.39 bits per heavy atom. The molecule has 102 valence electrons. The zero-order valence-corrected chi connectivity index (χ0v) is 11.5. The van der Waals surface area contributed by atoms with Gasteiger partial charge in [0.25, 0.3) is 5.91 Å². The lowest BCUT2D eigenvalue weighted by Crippen LogP contribution is -2.47. The highest BCUT2D eigenvalue weighted by molar-refractivity contribution is 5.85. The van der Waals surface area contributed by atoms with Crippen LogP contribution >= 0.6 is 24.8 Å². The van der Waals surface area contributed by atoms with Crippen LogP contribution in [0.1, 0.15) is 0 Å². The van der Waals surface area contributed by atoms with Crippen LogP contribution in [0, 0.1) is 0 Å². The van der Waals surface area contributed by atoms with E-state index < -0.39 is 0 Å². The molecule has 0 bridgehead atoms. The largest absolute Gasteiger partial charge is 0.482 e. The second-order valence-electron chi connectivity index (χ2n) is 3.61. The number of carbonyl (C=O) groups is 1. The van der Waals surface area contributed by atoms with E-state index in [2.05, 4.69) is 10.3 Å². The van der Waals surface area contributed by atoms with Crippen LogP contribution in [0.3, 0.4) is 0 Å². The molecule has 0 aliphatic carbocycles. The smallest absolute Gasteiger partial charge is 0.260 e. The van der Waals surface area contributed by atoms with E-state index in [1.165, 1.54) is 0 Å². The molecule has 1 aromatic heterocycles. The van der Waals surface area contributed by atoms with Gasteiger partial charge >= 0.3 is 0 Å². The Bertz CT molecular complexity index is 345. The van der Waals surface area contributed by atoms with E-state index in [-0.39, 0.29) is 37.3 Å². The van der Waals surface area contributed by atoms with Crippen molar-refractivity contribution in [1.29, 1.82) is 0 Å². The number of hydrogen-bond acceptors (Lipinski definition) is 4. The Labute approximate surface area is 119 Å². The number of pyridine rings is 1. The minimum Gasteiger partial charge on any atom is -0.482 e. The SMILES string of the molecule is Cl.Cl.O=C(COc1cccnc1)N1CCNCC1. The zero-order chi connectivity index (χ0) is 11.2. The number of nitrogens with one attached hydrogen (secondary N) is 1. The van der Waals surface area contributed by atoms with Gasteiger partial charge in [-0.15, -0.1) is 24.8 Å². The van der Waals surface area contributed by atoms with Crippen molar-refractivity contribution >= 4 is 30.7 Å². The number of hydrogen-bond donors (Lipinski definition) is 1. The Balaban J connectivity index is 0.00000144. The summed E-state index contributed by atoms with van der Waals surface area (Å²) in [4.78, 5) is 17.5. The number of nitrogens with zero attached hydrogens (tertiary/aromatic N) is 2. The Hall–Kier alpha value is -1.04. The minimum absolute atomic E-state index is 0. The summed E-state index contributed by atoms with van der Waals surface area (Å²) in [6.45, 7) is 3.33. The van der Waals surface area contributed by atoms with Gasteiger partial charge in [-0.25, -0.2) is 0 Å². The van der Waals surface area contributed by atoms with Crippen molar-refractivity contribution in [3.05, 3.63) is 24.5 Å². The summed E-state index contributed by atoms with van der Waals surface area (Å²) in [5.41, 5.74) is 0. The molecule has 18 heavy (non-hydrogen) atoms. The molecule has 7 heteroatoms. The standard InChI is InChI=1S/C11H15N3O2.2ClH/c15-11(14-6-4-12-5-7-14)9-16-10-2-1-3-13-8-10;;/h1-3,8,12H,4-7,9H2;2*1H. The van der Waals surface area contributed by atoms with Crippen LogP contribution in [0.4, 0.5) is 0 Å². The van der Waals surface area contributed by atoms with Crippen LogP contribution in [-0.4, -0.2) is 48.6 Å². The third kappa shape index (κ3) is 5.08. The van der Waals surface area contributed by atoms with Crippen molar-refractivity contribution in [2.75, 3.05) is 32.8 Å². The summed E-state index contributed by atoms with van der Waals surface area (Å²) in [5, 5.41) is 3.20. The minimum atomic E-state index is 0. The first-order chi connectivity index (χ1) is 7.86. The highest BCUT2D eigenvalue weighted by Gasteiger charge is 2.16. The van der Waals surface area contributed by atoms with Crippen molar-refractivity contribution in [1.82, 2.24) is 15.2 Å². The van der Waals surface area contributed by atoms with Gasteiger partial charge in [0.2, 0.25) is 0 Å². The molecule has 1 aromatic rings. The lowest BCUT2D eigenvalue weighted by Gasteiger charge is -2.27. The highest BCUT2D eigenvalue weighted by Crippen LogP contribution is 2.06. The van der Waals surface area contributed by atoms with E-state index in [1.54, 1.807) is 24.5 Å². The molecular weight excluding hydrogens is 277 g/mol. The molecule has 1 amide bonds. The fourth-order valence-corrected chi connectivity index (χ4v) is 1.58. The summed E-state index contributed by atoms with van der Waals surface area (Å²) in [5.74, 6) is 0.663. The molecular formula is C11H17Cl2N3O2. The first-order valence-electron chi connectivity index (χ1n) is 5.37. The Kier molecular flexibility index (Phi) is 8.45. The number of carbonyl (C=O) groups excluding carboxylic acids is 1. The van der Waals surface area contributed by atoms with Gasteiger partial charge in [0, 0.05) is 32.4 Å². The zero-order valence-electron chi connectivity index (χ0n) is 9.87. The van der Waals surface area contributed by atoms with Crippen molar-refractivity contribution in [3.63, 3.8) is 0 Å². The molecule has 0 saturated carbocycles. The molecule has 0 atom stereocenters. The van der Waals surface area contributed by atoms with E-state index in [9.17, 15) is 4.79 Å². The number of piperazine rings is 1. The summed E-state index contributed by atoms with van der Waals surface area (Å²) >= 11 is 0. The molecule has 1 N–H and O–H groups in total. The molecule has 0 spiro atoms. The molecule has 0 radical (unpaired) electrons. The molecule has 5 nitrogen and oxygen atoms in total. The Morgan fingerprint density at radius 3 is 2.72 bits per heavy atom. The summed E-state index contributed by atoms with van der Waals surface area (Å²) in [6, 6.07) is 3.57. The molecule has 0 aromatic carbocycles.